The molecule has 2 N–H and O–H groups in total. The van der Waals surface area contributed by atoms with E-state index in [2.05, 4.69) is 17.4 Å². The third-order valence-electron chi connectivity index (χ3n) is 4.27. The molecule has 0 saturated heterocycles. The van der Waals surface area contributed by atoms with Crippen molar-refractivity contribution in [2.75, 3.05) is 6.54 Å². The standard InChI is InChI=1S/C17H25NO2/c1-14(7-5-10-15-8-3-2-4-9-15)16(19)18-13-17(20)11-6-12-17/h2-4,8-9,14,20H,5-7,10-13H2,1H3,(H,18,19). The van der Waals surface area contributed by atoms with Crippen LogP contribution in [0, 0.1) is 5.92 Å². The molecule has 110 valence electrons. The van der Waals surface area contributed by atoms with Gasteiger partial charge in [-0.15, -0.1) is 0 Å². The lowest BCUT2D eigenvalue weighted by Gasteiger charge is -2.36. The van der Waals surface area contributed by atoms with Crippen LogP contribution in [-0.2, 0) is 11.2 Å². The van der Waals surface area contributed by atoms with E-state index < -0.39 is 5.60 Å². The largest absolute Gasteiger partial charge is 0.388 e. The van der Waals surface area contributed by atoms with Crippen LogP contribution in [0.1, 0.15) is 44.6 Å². The van der Waals surface area contributed by atoms with E-state index >= 15 is 0 Å². The van der Waals surface area contributed by atoms with E-state index in [9.17, 15) is 9.90 Å². The summed E-state index contributed by atoms with van der Waals surface area (Å²) in [6.45, 7) is 2.38. The van der Waals surface area contributed by atoms with Gasteiger partial charge in [-0.1, -0.05) is 37.3 Å². The number of hydrogen-bond donors (Lipinski definition) is 2. The van der Waals surface area contributed by atoms with E-state index in [0.29, 0.717) is 6.54 Å². The van der Waals surface area contributed by atoms with Crippen molar-refractivity contribution in [3.63, 3.8) is 0 Å². The lowest BCUT2D eigenvalue weighted by molar-refractivity contribution is -0.127. The van der Waals surface area contributed by atoms with Crippen LogP contribution in [0.2, 0.25) is 0 Å². The molecule has 0 aromatic heterocycles. The first kappa shape index (κ1) is 15.0. The van der Waals surface area contributed by atoms with Crippen LogP contribution in [-0.4, -0.2) is 23.2 Å². The van der Waals surface area contributed by atoms with Gasteiger partial charge in [0.05, 0.1) is 5.60 Å². The van der Waals surface area contributed by atoms with Crippen molar-refractivity contribution < 1.29 is 9.90 Å². The third-order valence-corrected chi connectivity index (χ3v) is 4.27. The molecule has 1 aliphatic carbocycles. The Morgan fingerprint density at radius 1 is 1.35 bits per heavy atom. The average Bonchev–Trinajstić information content (AvgIpc) is 2.43. The van der Waals surface area contributed by atoms with Gasteiger partial charge in [-0.3, -0.25) is 4.79 Å². The highest BCUT2D eigenvalue weighted by molar-refractivity contribution is 5.78. The molecule has 0 bridgehead atoms. The highest BCUT2D eigenvalue weighted by atomic mass is 16.3. The number of rotatable bonds is 7. The number of benzene rings is 1. The number of carbonyl (C=O) groups excluding carboxylic acids is 1. The summed E-state index contributed by atoms with van der Waals surface area (Å²) in [6.07, 6.45) is 5.62. The van der Waals surface area contributed by atoms with E-state index in [1.54, 1.807) is 0 Å². The normalized spacial score (nSPS) is 18.1. The van der Waals surface area contributed by atoms with Crippen molar-refractivity contribution in [1.29, 1.82) is 0 Å². The van der Waals surface area contributed by atoms with Crippen LogP contribution in [0.5, 0.6) is 0 Å². The maximum atomic E-state index is 11.9. The molecular formula is C17H25NO2. The SMILES string of the molecule is CC(CCCc1ccccc1)C(=O)NCC1(O)CCC1. The van der Waals surface area contributed by atoms with Crippen molar-refractivity contribution >= 4 is 5.91 Å². The Kier molecular flexibility index (Phi) is 5.18. The molecule has 1 saturated carbocycles. The van der Waals surface area contributed by atoms with Crippen molar-refractivity contribution in [2.45, 2.75) is 51.0 Å². The lowest BCUT2D eigenvalue weighted by Crippen LogP contribution is -2.48. The van der Waals surface area contributed by atoms with Gasteiger partial charge in [0.25, 0.3) is 0 Å². The second-order valence-corrected chi connectivity index (χ2v) is 6.07. The fourth-order valence-electron chi connectivity index (χ4n) is 2.58. The number of hydrogen-bond acceptors (Lipinski definition) is 2. The van der Waals surface area contributed by atoms with Crippen LogP contribution in [0.4, 0.5) is 0 Å². The van der Waals surface area contributed by atoms with Crippen LogP contribution in [0.15, 0.2) is 30.3 Å². The first-order valence-electron chi connectivity index (χ1n) is 7.63. The first-order valence-corrected chi connectivity index (χ1v) is 7.63. The average molecular weight is 275 g/mol. The molecule has 0 spiro atoms. The summed E-state index contributed by atoms with van der Waals surface area (Å²) in [4.78, 5) is 11.9. The summed E-state index contributed by atoms with van der Waals surface area (Å²) in [6, 6.07) is 10.4. The highest BCUT2D eigenvalue weighted by Gasteiger charge is 2.34. The molecule has 3 heteroatoms. The Bertz CT molecular complexity index is 426. The number of aliphatic hydroxyl groups is 1. The maximum Gasteiger partial charge on any atom is 0.222 e. The first-order chi connectivity index (χ1) is 9.59. The molecule has 1 aromatic carbocycles. The molecule has 1 unspecified atom stereocenters. The zero-order valence-corrected chi connectivity index (χ0v) is 12.3. The number of aryl methyl sites for hydroxylation is 1. The van der Waals surface area contributed by atoms with Crippen molar-refractivity contribution in [1.82, 2.24) is 5.32 Å². The van der Waals surface area contributed by atoms with Gasteiger partial charge < -0.3 is 10.4 Å². The van der Waals surface area contributed by atoms with E-state index in [4.69, 9.17) is 0 Å². The molecule has 0 aliphatic heterocycles. The Morgan fingerprint density at radius 3 is 2.65 bits per heavy atom. The molecule has 3 nitrogen and oxygen atoms in total. The van der Waals surface area contributed by atoms with Crippen molar-refractivity contribution in [3.05, 3.63) is 35.9 Å². The van der Waals surface area contributed by atoms with Crippen LogP contribution in [0.3, 0.4) is 0 Å². The predicted octanol–water partition coefficient (Wildman–Crippen LogP) is 2.68. The Hall–Kier alpha value is -1.35. The summed E-state index contributed by atoms with van der Waals surface area (Å²) in [5.74, 6) is 0.0841. The molecule has 1 aromatic rings. The Morgan fingerprint density at radius 2 is 2.05 bits per heavy atom. The van der Waals surface area contributed by atoms with Crippen molar-refractivity contribution in [3.8, 4) is 0 Å². The Labute approximate surface area is 121 Å². The summed E-state index contributed by atoms with van der Waals surface area (Å²) < 4.78 is 0. The molecular weight excluding hydrogens is 250 g/mol. The predicted molar refractivity (Wildman–Crippen MR) is 80.4 cm³/mol. The van der Waals surface area contributed by atoms with Gasteiger partial charge in [0.2, 0.25) is 5.91 Å². The van der Waals surface area contributed by atoms with Gasteiger partial charge in [0.15, 0.2) is 0 Å². The van der Waals surface area contributed by atoms with Gasteiger partial charge in [-0.2, -0.15) is 0 Å². The zero-order valence-electron chi connectivity index (χ0n) is 12.3. The minimum Gasteiger partial charge on any atom is -0.388 e. The topological polar surface area (TPSA) is 49.3 Å². The smallest absolute Gasteiger partial charge is 0.222 e. The number of carbonyl (C=O) groups is 1. The molecule has 20 heavy (non-hydrogen) atoms. The Balaban J connectivity index is 1.63. The molecule has 1 aliphatic rings. The quantitative estimate of drug-likeness (QED) is 0.804. The highest BCUT2D eigenvalue weighted by Crippen LogP contribution is 2.30. The molecule has 2 rings (SSSR count). The summed E-state index contributed by atoms with van der Waals surface area (Å²) in [7, 11) is 0. The second-order valence-electron chi connectivity index (χ2n) is 6.07. The lowest BCUT2D eigenvalue weighted by atomic mass is 9.80. The third kappa shape index (κ3) is 4.34. The summed E-state index contributed by atoms with van der Waals surface area (Å²) >= 11 is 0. The van der Waals surface area contributed by atoms with Crippen LogP contribution >= 0.6 is 0 Å². The van der Waals surface area contributed by atoms with Crippen LogP contribution in [0.25, 0.3) is 0 Å². The van der Waals surface area contributed by atoms with E-state index in [1.165, 1.54) is 5.56 Å². The monoisotopic (exact) mass is 275 g/mol. The molecule has 1 fully saturated rings. The van der Waals surface area contributed by atoms with Crippen molar-refractivity contribution in [2.24, 2.45) is 5.92 Å². The minimum atomic E-state index is -0.626. The number of amides is 1. The second kappa shape index (κ2) is 6.89. The van der Waals surface area contributed by atoms with Gasteiger partial charge in [0, 0.05) is 12.5 Å². The van der Waals surface area contributed by atoms with Gasteiger partial charge in [0.1, 0.15) is 0 Å². The summed E-state index contributed by atoms with van der Waals surface area (Å²) in [5.41, 5.74) is 0.697. The maximum absolute atomic E-state index is 11.9. The fourth-order valence-corrected chi connectivity index (χ4v) is 2.58. The van der Waals surface area contributed by atoms with E-state index in [-0.39, 0.29) is 11.8 Å². The molecule has 0 radical (unpaired) electrons. The molecule has 0 heterocycles. The molecule has 1 amide bonds. The minimum absolute atomic E-state index is 0.0161. The van der Waals surface area contributed by atoms with E-state index in [1.807, 2.05) is 25.1 Å². The van der Waals surface area contributed by atoms with Gasteiger partial charge >= 0.3 is 0 Å². The van der Waals surface area contributed by atoms with Gasteiger partial charge in [-0.05, 0) is 44.1 Å². The summed E-state index contributed by atoms with van der Waals surface area (Å²) in [5, 5.41) is 12.8. The van der Waals surface area contributed by atoms with E-state index in [0.717, 1.165) is 38.5 Å². The van der Waals surface area contributed by atoms with Crippen LogP contribution < -0.4 is 5.32 Å². The fraction of sp³-hybridized carbons (Fsp3) is 0.588. The van der Waals surface area contributed by atoms with Gasteiger partial charge in [-0.25, -0.2) is 0 Å². The zero-order chi connectivity index (χ0) is 14.4. The molecule has 1 atom stereocenters. The number of nitrogens with one attached hydrogen (secondary N) is 1.